The smallest absolute Gasteiger partial charge is 0.257 e. The molecule has 0 aliphatic carbocycles. The third kappa shape index (κ3) is 3.77. The van der Waals surface area contributed by atoms with Gasteiger partial charge >= 0.3 is 0 Å². The number of pyridine rings is 2. The Hall–Kier alpha value is -3.51. The largest absolute Gasteiger partial charge is 0.344 e. The van der Waals surface area contributed by atoms with Crippen molar-refractivity contribution >= 4 is 22.6 Å². The molecule has 4 rings (SSSR count). The molecule has 6 nitrogen and oxygen atoms in total. The first-order valence-corrected chi connectivity index (χ1v) is 9.03. The van der Waals surface area contributed by atoms with Gasteiger partial charge in [0, 0.05) is 42.3 Å². The minimum absolute atomic E-state index is 0.201. The fraction of sp³-hybridized carbons (Fsp3) is 0.136. The summed E-state index contributed by atoms with van der Waals surface area (Å²) in [5.41, 5.74) is 5.28. The molecule has 0 radical (unpaired) electrons. The van der Waals surface area contributed by atoms with Crippen LogP contribution < -0.4 is 5.32 Å². The third-order valence-corrected chi connectivity index (χ3v) is 4.49. The first-order valence-electron chi connectivity index (χ1n) is 9.03. The first kappa shape index (κ1) is 17.9. The fourth-order valence-corrected chi connectivity index (χ4v) is 3.12. The molecule has 0 aliphatic rings. The highest BCUT2D eigenvalue weighted by Gasteiger charge is 2.11. The first-order chi connectivity index (χ1) is 13.6. The molecular weight excluding hydrogens is 350 g/mol. The number of carbonyl (C=O) groups excluding carboxylic acids is 1. The zero-order chi connectivity index (χ0) is 19.5. The van der Waals surface area contributed by atoms with Crippen LogP contribution in [-0.2, 0) is 6.54 Å². The second-order valence-electron chi connectivity index (χ2n) is 6.95. The van der Waals surface area contributed by atoms with Crippen molar-refractivity contribution in [1.29, 1.82) is 0 Å². The van der Waals surface area contributed by atoms with E-state index >= 15 is 0 Å². The molecular formula is C22H21N5O. The average molecular weight is 371 g/mol. The number of carbonyl (C=O) groups is 1. The number of benzene rings is 1. The van der Waals surface area contributed by atoms with E-state index in [9.17, 15) is 4.79 Å². The maximum absolute atomic E-state index is 12.4. The van der Waals surface area contributed by atoms with Gasteiger partial charge in [0.25, 0.3) is 5.91 Å². The monoisotopic (exact) mass is 371 g/mol. The molecule has 140 valence electrons. The molecule has 28 heavy (non-hydrogen) atoms. The lowest BCUT2D eigenvalue weighted by atomic mass is 10.0. The molecule has 3 aromatic heterocycles. The number of nitrogens with zero attached hydrogens (tertiary/aromatic N) is 3. The average Bonchev–Trinajstić information content (AvgIpc) is 3.11. The minimum Gasteiger partial charge on any atom is -0.344 e. The zero-order valence-electron chi connectivity index (χ0n) is 15.8. The summed E-state index contributed by atoms with van der Waals surface area (Å²) >= 11 is 0. The predicted octanol–water partition coefficient (Wildman–Crippen LogP) is 3.94. The van der Waals surface area contributed by atoms with E-state index in [1.807, 2.05) is 12.3 Å². The number of rotatable bonds is 5. The van der Waals surface area contributed by atoms with Crippen LogP contribution in [0, 0.1) is 0 Å². The number of aromatic amines is 1. The predicted molar refractivity (Wildman–Crippen MR) is 111 cm³/mol. The van der Waals surface area contributed by atoms with E-state index in [1.54, 1.807) is 30.7 Å². The summed E-state index contributed by atoms with van der Waals surface area (Å²) in [6.45, 7) is 0.903. The number of anilines is 1. The van der Waals surface area contributed by atoms with Crippen molar-refractivity contribution in [2.24, 2.45) is 0 Å². The van der Waals surface area contributed by atoms with Gasteiger partial charge in [-0.3, -0.25) is 9.78 Å². The van der Waals surface area contributed by atoms with Crippen molar-refractivity contribution in [3.8, 4) is 11.1 Å². The van der Waals surface area contributed by atoms with Gasteiger partial charge in [0.15, 0.2) is 0 Å². The normalized spacial score (nSPS) is 11.1. The van der Waals surface area contributed by atoms with Gasteiger partial charge in [-0.15, -0.1) is 0 Å². The van der Waals surface area contributed by atoms with Crippen LogP contribution in [0.25, 0.3) is 22.2 Å². The fourth-order valence-electron chi connectivity index (χ4n) is 3.12. The summed E-state index contributed by atoms with van der Waals surface area (Å²) in [7, 11) is 4.11. The number of amides is 1. The lowest BCUT2D eigenvalue weighted by molar-refractivity contribution is 0.102. The SMILES string of the molecule is CN(C)Cc1ccc(-c2cnc3[nH]cc(NC(=O)c4cccnc4)c3c2)cc1. The highest BCUT2D eigenvalue weighted by molar-refractivity contribution is 6.08. The quantitative estimate of drug-likeness (QED) is 0.557. The Balaban J connectivity index is 1.62. The maximum Gasteiger partial charge on any atom is 0.257 e. The molecule has 4 aromatic rings. The van der Waals surface area contributed by atoms with Crippen molar-refractivity contribution in [3.05, 3.63) is 78.4 Å². The highest BCUT2D eigenvalue weighted by Crippen LogP contribution is 2.28. The van der Waals surface area contributed by atoms with E-state index in [0.717, 1.165) is 28.7 Å². The Labute approximate surface area is 163 Å². The summed E-state index contributed by atoms with van der Waals surface area (Å²) in [6.07, 6.45) is 6.79. The van der Waals surface area contributed by atoms with Crippen LogP contribution in [-0.4, -0.2) is 39.9 Å². The minimum atomic E-state index is -0.201. The van der Waals surface area contributed by atoms with Crippen LogP contribution in [0.4, 0.5) is 5.69 Å². The van der Waals surface area contributed by atoms with Crippen LogP contribution in [0.5, 0.6) is 0 Å². The van der Waals surface area contributed by atoms with Crippen molar-refractivity contribution in [2.45, 2.75) is 6.54 Å². The summed E-state index contributed by atoms with van der Waals surface area (Å²) in [4.78, 5) is 26.2. The van der Waals surface area contributed by atoms with Gasteiger partial charge in [0.05, 0.1) is 11.3 Å². The van der Waals surface area contributed by atoms with E-state index in [0.29, 0.717) is 11.3 Å². The molecule has 0 aliphatic heterocycles. The summed E-state index contributed by atoms with van der Waals surface area (Å²) < 4.78 is 0. The van der Waals surface area contributed by atoms with E-state index in [1.165, 1.54) is 5.56 Å². The van der Waals surface area contributed by atoms with Gasteiger partial charge in [0.2, 0.25) is 0 Å². The molecule has 0 fully saturated rings. The lowest BCUT2D eigenvalue weighted by Gasteiger charge is -2.10. The molecule has 0 saturated heterocycles. The number of aromatic nitrogens is 3. The van der Waals surface area contributed by atoms with Gasteiger partial charge in [-0.25, -0.2) is 4.98 Å². The summed E-state index contributed by atoms with van der Waals surface area (Å²) in [6, 6.07) is 14.0. The Morgan fingerprint density at radius 2 is 1.93 bits per heavy atom. The molecule has 3 heterocycles. The number of hydrogen-bond donors (Lipinski definition) is 2. The summed E-state index contributed by atoms with van der Waals surface area (Å²) in [5.74, 6) is -0.201. The number of H-pyrrole nitrogens is 1. The van der Waals surface area contributed by atoms with Crippen LogP contribution in [0.1, 0.15) is 15.9 Å². The van der Waals surface area contributed by atoms with E-state index in [2.05, 4.69) is 63.5 Å². The van der Waals surface area contributed by atoms with E-state index in [4.69, 9.17) is 0 Å². The lowest BCUT2D eigenvalue weighted by Crippen LogP contribution is -2.11. The molecule has 0 bridgehead atoms. The van der Waals surface area contributed by atoms with Crippen molar-refractivity contribution < 1.29 is 4.79 Å². The Bertz CT molecular complexity index is 1100. The van der Waals surface area contributed by atoms with Gasteiger partial charge in [-0.1, -0.05) is 24.3 Å². The molecule has 0 saturated carbocycles. The number of nitrogens with one attached hydrogen (secondary N) is 2. The molecule has 0 atom stereocenters. The maximum atomic E-state index is 12.4. The molecule has 6 heteroatoms. The second-order valence-corrected chi connectivity index (χ2v) is 6.95. The topological polar surface area (TPSA) is 73.9 Å². The standard InChI is InChI=1S/C22H21N5O/c1-27(2)14-15-5-7-16(8-6-15)18-10-19-20(13-25-21(19)24-12-18)26-22(28)17-4-3-9-23-11-17/h3-13H,14H2,1-2H3,(H,24,25)(H,26,28). The molecule has 1 amide bonds. The molecule has 0 unspecified atom stereocenters. The van der Waals surface area contributed by atoms with Gasteiger partial charge in [-0.2, -0.15) is 0 Å². The van der Waals surface area contributed by atoms with Gasteiger partial charge in [0.1, 0.15) is 5.65 Å². The van der Waals surface area contributed by atoms with Crippen LogP contribution in [0.3, 0.4) is 0 Å². The summed E-state index contributed by atoms with van der Waals surface area (Å²) in [5, 5.41) is 3.80. The molecule has 0 spiro atoms. The van der Waals surface area contributed by atoms with Crippen molar-refractivity contribution in [3.63, 3.8) is 0 Å². The van der Waals surface area contributed by atoms with E-state index in [-0.39, 0.29) is 5.91 Å². The van der Waals surface area contributed by atoms with Gasteiger partial charge < -0.3 is 15.2 Å². The third-order valence-electron chi connectivity index (χ3n) is 4.49. The number of hydrogen-bond acceptors (Lipinski definition) is 4. The second kappa shape index (κ2) is 7.62. The zero-order valence-corrected chi connectivity index (χ0v) is 15.8. The van der Waals surface area contributed by atoms with Crippen LogP contribution >= 0.6 is 0 Å². The van der Waals surface area contributed by atoms with Crippen LogP contribution in [0.15, 0.2) is 67.3 Å². The Morgan fingerprint density at radius 3 is 2.64 bits per heavy atom. The van der Waals surface area contributed by atoms with Crippen LogP contribution in [0.2, 0.25) is 0 Å². The molecule has 1 aromatic carbocycles. The Kier molecular flexibility index (Phi) is 4.87. The van der Waals surface area contributed by atoms with Gasteiger partial charge in [-0.05, 0) is 43.4 Å². The van der Waals surface area contributed by atoms with E-state index < -0.39 is 0 Å². The number of fused-ring (bicyclic) bond motifs is 1. The van der Waals surface area contributed by atoms with Crippen molar-refractivity contribution in [1.82, 2.24) is 19.9 Å². The van der Waals surface area contributed by atoms with Crippen molar-refractivity contribution in [2.75, 3.05) is 19.4 Å². The highest BCUT2D eigenvalue weighted by atomic mass is 16.1. The Morgan fingerprint density at radius 1 is 1.11 bits per heavy atom. The molecule has 2 N–H and O–H groups in total.